The van der Waals surface area contributed by atoms with Crippen LogP contribution in [-0.2, 0) is 0 Å². The van der Waals surface area contributed by atoms with Crippen LogP contribution in [0.5, 0.6) is 0 Å². The lowest BCUT2D eigenvalue weighted by molar-refractivity contribution is 0.689. The Labute approximate surface area is 100 Å². The van der Waals surface area contributed by atoms with Gasteiger partial charge in [0.05, 0.1) is 6.04 Å². The van der Waals surface area contributed by atoms with Crippen LogP contribution in [0.2, 0.25) is 0 Å². The van der Waals surface area contributed by atoms with Gasteiger partial charge in [-0.25, -0.2) is 4.98 Å². The number of aromatic nitrogens is 1. The second-order valence-electron chi connectivity index (χ2n) is 3.43. The summed E-state index contributed by atoms with van der Waals surface area (Å²) in [6.45, 7) is 7.15. The second-order valence-corrected chi connectivity index (χ2v) is 5.11. The summed E-state index contributed by atoms with van der Waals surface area (Å²) in [4.78, 5) is 5.55. The summed E-state index contributed by atoms with van der Waals surface area (Å²) in [5.74, 6) is 0. The van der Waals surface area contributed by atoms with Crippen LogP contribution < -0.4 is 10.6 Å². The van der Waals surface area contributed by atoms with Crippen LogP contribution in [0.3, 0.4) is 0 Å². The zero-order valence-electron chi connectivity index (χ0n) is 9.33. The Morgan fingerprint density at radius 3 is 2.93 bits per heavy atom. The Kier molecular flexibility index (Phi) is 4.98. The van der Waals surface area contributed by atoms with Crippen molar-refractivity contribution >= 4 is 28.7 Å². The molecule has 5 heteroatoms. The molecule has 1 rings (SSSR count). The Morgan fingerprint density at radius 2 is 2.40 bits per heavy atom. The topological polar surface area (TPSA) is 37.0 Å². The Balaban J connectivity index is 2.41. The van der Waals surface area contributed by atoms with Gasteiger partial charge in [-0.2, -0.15) is 0 Å². The van der Waals surface area contributed by atoms with Crippen molar-refractivity contribution in [3.8, 4) is 0 Å². The van der Waals surface area contributed by atoms with Gasteiger partial charge in [-0.15, -0.1) is 11.3 Å². The highest BCUT2D eigenvalue weighted by Crippen LogP contribution is 2.18. The average molecular weight is 243 g/mol. The number of nitrogens with zero attached hydrogens (tertiary/aromatic N) is 1. The van der Waals surface area contributed by atoms with Crippen molar-refractivity contribution < 1.29 is 0 Å². The third kappa shape index (κ3) is 4.13. The molecule has 0 aliphatic heterocycles. The lowest BCUT2D eigenvalue weighted by atomic mass is 10.4. The van der Waals surface area contributed by atoms with E-state index >= 15 is 0 Å². The first kappa shape index (κ1) is 12.4. The predicted molar refractivity (Wildman–Crippen MR) is 69.3 cm³/mol. The maximum atomic E-state index is 5.16. The number of rotatable bonds is 4. The van der Waals surface area contributed by atoms with Gasteiger partial charge in [0.25, 0.3) is 0 Å². The van der Waals surface area contributed by atoms with Gasteiger partial charge in [-0.3, -0.25) is 0 Å². The molecule has 1 atom stereocenters. The molecule has 0 radical (unpaired) electrons. The summed E-state index contributed by atoms with van der Waals surface area (Å²) in [7, 11) is 0. The molecule has 1 aromatic heterocycles. The Hall–Kier alpha value is -0.680. The molecule has 0 spiro atoms. The largest absolute Gasteiger partial charge is 0.363 e. The summed E-state index contributed by atoms with van der Waals surface area (Å²) in [6, 6.07) is 0.181. The molecule has 1 unspecified atom stereocenters. The first-order valence-electron chi connectivity index (χ1n) is 5.10. The Bertz CT molecular complexity index is 322. The minimum Gasteiger partial charge on any atom is -0.363 e. The third-order valence-corrected chi connectivity index (χ3v) is 3.25. The van der Waals surface area contributed by atoms with Gasteiger partial charge in [0, 0.05) is 17.6 Å². The van der Waals surface area contributed by atoms with Crippen LogP contribution in [0.25, 0.3) is 0 Å². The van der Waals surface area contributed by atoms with Crippen LogP contribution >= 0.6 is 23.6 Å². The third-order valence-electron chi connectivity index (χ3n) is 1.89. The highest BCUT2D eigenvalue weighted by molar-refractivity contribution is 7.80. The number of nitrogens with one attached hydrogen (secondary N) is 2. The van der Waals surface area contributed by atoms with Crippen LogP contribution in [0.4, 0.5) is 0 Å². The number of aryl methyl sites for hydroxylation is 1. The molecule has 0 aliphatic carbocycles. The summed E-state index contributed by atoms with van der Waals surface area (Å²) >= 11 is 6.86. The normalized spacial score (nSPS) is 12.2. The minimum atomic E-state index is 0.181. The molecule has 0 bridgehead atoms. The fourth-order valence-electron chi connectivity index (χ4n) is 1.12. The maximum Gasteiger partial charge on any atom is 0.166 e. The molecule has 0 amide bonds. The van der Waals surface area contributed by atoms with Crippen LogP contribution in [-0.4, -0.2) is 16.6 Å². The summed E-state index contributed by atoms with van der Waals surface area (Å²) in [5, 5.41) is 8.13. The van der Waals surface area contributed by atoms with Crippen molar-refractivity contribution in [3.63, 3.8) is 0 Å². The Morgan fingerprint density at radius 1 is 1.67 bits per heavy atom. The van der Waals surface area contributed by atoms with Crippen LogP contribution in [0, 0.1) is 6.92 Å². The van der Waals surface area contributed by atoms with E-state index in [0.29, 0.717) is 5.11 Å². The van der Waals surface area contributed by atoms with E-state index < -0.39 is 0 Å². The summed E-state index contributed by atoms with van der Waals surface area (Å²) in [5.41, 5.74) is 0. The van der Waals surface area contributed by atoms with E-state index in [1.807, 2.05) is 6.20 Å². The van der Waals surface area contributed by atoms with Gasteiger partial charge < -0.3 is 10.6 Å². The molecular weight excluding hydrogens is 226 g/mol. The first-order chi connectivity index (χ1) is 7.13. The standard InChI is InChI=1S/C10H17N3S2/c1-4-5-11-10(14)13-8(3)9-12-6-7(2)15-9/h6,8H,4-5H2,1-3H3,(H2,11,13,14). The van der Waals surface area contributed by atoms with Gasteiger partial charge in [0.2, 0.25) is 0 Å². The lowest BCUT2D eigenvalue weighted by Gasteiger charge is -2.14. The monoisotopic (exact) mass is 243 g/mol. The predicted octanol–water partition coefficient (Wildman–Crippen LogP) is 2.39. The van der Waals surface area contributed by atoms with E-state index in [2.05, 4.69) is 36.4 Å². The van der Waals surface area contributed by atoms with Crippen molar-refractivity contribution in [1.82, 2.24) is 15.6 Å². The molecule has 3 nitrogen and oxygen atoms in total. The number of hydrogen-bond donors (Lipinski definition) is 2. The van der Waals surface area contributed by atoms with Gasteiger partial charge in [-0.05, 0) is 32.5 Å². The van der Waals surface area contributed by atoms with Crippen molar-refractivity contribution in [3.05, 3.63) is 16.1 Å². The highest BCUT2D eigenvalue weighted by Gasteiger charge is 2.09. The van der Waals surface area contributed by atoms with Gasteiger partial charge in [0.1, 0.15) is 5.01 Å². The van der Waals surface area contributed by atoms with Gasteiger partial charge in [-0.1, -0.05) is 6.92 Å². The van der Waals surface area contributed by atoms with Crippen molar-refractivity contribution in [2.45, 2.75) is 33.2 Å². The van der Waals surface area contributed by atoms with Crippen LogP contribution in [0.15, 0.2) is 6.20 Å². The molecule has 0 saturated heterocycles. The molecule has 0 saturated carbocycles. The molecule has 0 aliphatic rings. The molecule has 1 heterocycles. The highest BCUT2D eigenvalue weighted by atomic mass is 32.1. The van der Waals surface area contributed by atoms with Crippen molar-refractivity contribution in [2.75, 3.05) is 6.54 Å². The fourth-order valence-corrected chi connectivity index (χ4v) is 2.18. The molecule has 1 aromatic rings. The quantitative estimate of drug-likeness (QED) is 0.796. The fraction of sp³-hybridized carbons (Fsp3) is 0.600. The number of hydrogen-bond acceptors (Lipinski definition) is 3. The lowest BCUT2D eigenvalue weighted by Crippen LogP contribution is -2.37. The second kappa shape index (κ2) is 6.02. The van der Waals surface area contributed by atoms with E-state index in [4.69, 9.17) is 12.2 Å². The molecule has 15 heavy (non-hydrogen) atoms. The van der Waals surface area contributed by atoms with E-state index in [1.165, 1.54) is 4.88 Å². The smallest absolute Gasteiger partial charge is 0.166 e. The number of thiazole rings is 1. The summed E-state index contributed by atoms with van der Waals surface area (Å²) < 4.78 is 0. The first-order valence-corrected chi connectivity index (χ1v) is 6.32. The molecular formula is C10H17N3S2. The van der Waals surface area contributed by atoms with Crippen molar-refractivity contribution in [2.24, 2.45) is 0 Å². The maximum absolute atomic E-state index is 5.16. The van der Waals surface area contributed by atoms with E-state index in [1.54, 1.807) is 11.3 Å². The number of thiocarbonyl (C=S) groups is 1. The SMILES string of the molecule is CCCNC(=S)NC(C)c1ncc(C)s1. The van der Waals surface area contributed by atoms with E-state index in [9.17, 15) is 0 Å². The molecule has 0 fully saturated rings. The van der Waals surface area contributed by atoms with Crippen LogP contribution in [0.1, 0.15) is 36.2 Å². The minimum absolute atomic E-state index is 0.181. The van der Waals surface area contributed by atoms with Gasteiger partial charge >= 0.3 is 0 Å². The average Bonchev–Trinajstić information content (AvgIpc) is 2.61. The molecule has 2 N–H and O–H groups in total. The molecule has 84 valence electrons. The van der Waals surface area contributed by atoms with E-state index in [0.717, 1.165) is 18.0 Å². The zero-order valence-corrected chi connectivity index (χ0v) is 11.0. The van der Waals surface area contributed by atoms with Crippen molar-refractivity contribution in [1.29, 1.82) is 0 Å². The summed E-state index contributed by atoms with van der Waals surface area (Å²) in [6.07, 6.45) is 2.97. The van der Waals surface area contributed by atoms with Gasteiger partial charge in [0.15, 0.2) is 5.11 Å². The zero-order chi connectivity index (χ0) is 11.3. The molecule has 0 aromatic carbocycles. The van der Waals surface area contributed by atoms with E-state index in [-0.39, 0.29) is 6.04 Å².